The molecule has 0 amide bonds. The topological polar surface area (TPSA) is 67.4 Å². The number of ether oxygens (including phenoxy) is 1. The van der Waals surface area contributed by atoms with E-state index in [4.69, 9.17) is 4.74 Å². The molecule has 20 heavy (non-hydrogen) atoms. The normalized spacial score (nSPS) is 14.1. The summed E-state index contributed by atoms with van der Waals surface area (Å²) in [6.07, 6.45) is 2.55. The van der Waals surface area contributed by atoms with Crippen molar-refractivity contribution in [1.82, 2.24) is 4.72 Å². The van der Waals surface area contributed by atoms with Gasteiger partial charge in [0.25, 0.3) is 0 Å². The number of hydrogen-bond acceptors (Lipinski definition) is 4. The van der Waals surface area contributed by atoms with Crippen LogP contribution in [-0.2, 0) is 21.2 Å². The zero-order valence-electron chi connectivity index (χ0n) is 11.8. The molecular weight excluding hydrogens is 276 g/mol. The number of anilines is 1. The fourth-order valence-corrected chi connectivity index (χ4v) is 3.28. The molecule has 0 aliphatic carbocycles. The van der Waals surface area contributed by atoms with Gasteiger partial charge in [-0.05, 0) is 43.0 Å². The highest BCUT2D eigenvalue weighted by atomic mass is 32.2. The van der Waals surface area contributed by atoms with Gasteiger partial charge in [-0.3, -0.25) is 0 Å². The minimum Gasteiger partial charge on any atom is -0.384 e. The van der Waals surface area contributed by atoms with E-state index in [0.29, 0.717) is 24.5 Å². The van der Waals surface area contributed by atoms with Crippen molar-refractivity contribution in [2.75, 3.05) is 31.6 Å². The molecule has 0 bridgehead atoms. The van der Waals surface area contributed by atoms with E-state index >= 15 is 0 Å². The number of rotatable bonds is 8. The van der Waals surface area contributed by atoms with Crippen LogP contribution < -0.4 is 10.0 Å². The summed E-state index contributed by atoms with van der Waals surface area (Å²) in [5.74, 6) is 0. The summed E-state index contributed by atoms with van der Waals surface area (Å²) in [4.78, 5) is 0.342. The smallest absolute Gasteiger partial charge is 0.240 e. The summed E-state index contributed by atoms with van der Waals surface area (Å²) in [5, 5.41) is 3.22. The van der Waals surface area contributed by atoms with Gasteiger partial charge in [-0.1, -0.05) is 6.92 Å². The second-order valence-corrected chi connectivity index (χ2v) is 6.63. The van der Waals surface area contributed by atoms with Crippen LogP contribution in [0.5, 0.6) is 0 Å². The lowest BCUT2D eigenvalue weighted by Crippen LogP contribution is -2.25. The van der Waals surface area contributed by atoms with Crippen LogP contribution in [0.3, 0.4) is 0 Å². The SMILES string of the molecule is CCCOCCCNS(=O)(=O)c1ccc2c(c1)CCN2. The molecule has 0 aromatic heterocycles. The van der Waals surface area contributed by atoms with Gasteiger partial charge in [0.15, 0.2) is 0 Å². The van der Waals surface area contributed by atoms with Crippen LogP contribution in [0.1, 0.15) is 25.3 Å². The standard InChI is InChI=1S/C14H22N2O3S/c1-2-9-19-10-3-7-16-20(17,18)13-4-5-14-12(11-13)6-8-15-14/h4-5,11,15-16H,2-3,6-10H2,1H3. The molecule has 1 aliphatic heterocycles. The van der Waals surface area contributed by atoms with Gasteiger partial charge >= 0.3 is 0 Å². The minimum absolute atomic E-state index is 0.342. The third-order valence-electron chi connectivity index (χ3n) is 3.20. The van der Waals surface area contributed by atoms with Crippen molar-refractivity contribution in [2.45, 2.75) is 31.1 Å². The van der Waals surface area contributed by atoms with Crippen LogP contribution in [-0.4, -0.2) is 34.7 Å². The molecule has 0 radical (unpaired) electrons. The summed E-state index contributed by atoms with van der Waals surface area (Å²) in [5.41, 5.74) is 2.11. The van der Waals surface area contributed by atoms with Crippen molar-refractivity contribution in [3.8, 4) is 0 Å². The first-order valence-electron chi connectivity index (χ1n) is 7.07. The first-order valence-corrected chi connectivity index (χ1v) is 8.56. The van der Waals surface area contributed by atoms with E-state index < -0.39 is 10.0 Å². The van der Waals surface area contributed by atoms with E-state index in [1.54, 1.807) is 12.1 Å². The predicted molar refractivity (Wildman–Crippen MR) is 79.6 cm³/mol. The van der Waals surface area contributed by atoms with E-state index in [-0.39, 0.29) is 0 Å². The van der Waals surface area contributed by atoms with Crippen molar-refractivity contribution in [2.24, 2.45) is 0 Å². The Hall–Kier alpha value is -1.11. The quantitative estimate of drug-likeness (QED) is 0.718. The van der Waals surface area contributed by atoms with E-state index in [1.165, 1.54) is 0 Å². The molecule has 2 N–H and O–H groups in total. The lowest BCUT2D eigenvalue weighted by Gasteiger charge is -2.08. The summed E-state index contributed by atoms with van der Waals surface area (Å²) >= 11 is 0. The fraction of sp³-hybridized carbons (Fsp3) is 0.571. The first kappa shape index (κ1) is 15.3. The highest BCUT2D eigenvalue weighted by Crippen LogP contribution is 2.24. The first-order chi connectivity index (χ1) is 9.63. The zero-order chi connectivity index (χ0) is 14.4. The molecule has 5 nitrogen and oxygen atoms in total. The molecule has 2 rings (SSSR count). The Balaban J connectivity index is 1.87. The molecule has 0 saturated carbocycles. The van der Waals surface area contributed by atoms with Gasteiger partial charge in [0.2, 0.25) is 10.0 Å². The number of benzene rings is 1. The van der Waals surface area contributed by atoms with Crippen LogP contribution in [0, 0.1) is 0 Å². The number of fused-ring (bicyclic) bond motifs is 1. The van der Waals surface area contributed by atoms with Crippen molar-refractivity contribution in [1.29, 1.82) is 0 Å². The van der Waals surface area contributed by atoms with Gasteiger partial charge in [0, 0.05) is 32.0 Å². The maximum absolute atomic E-state index is 12.1. The minimum atomic E-state index is -3.41. The van der Waals surface area contributed by atoms with E-state index in [2.05, 4.69) is 10.0 Å². The summed E-state index contributed by atoms with van der Waals surface area (Å²) in [6, 6.07) is 5.24. The predicted octanol–water partition coefficient (Wildman–Crippen LogP) is 1.75. The fourth-order valence-electron chi connectivity index (χ4n) is 2.16. The molecule has 1 heterocycles. The molecule has 112 valence electrons. The number of sulfonamides is 1. The van der Waals surface area contributed by atoms with E-state index in [1.807, 2.05) is 13.0 Å². The highest BCUT2D eigenvalue weighted by molar-refractivity contribution is 7.89. The molecule has 1 aromatic carbocycles. The molecular formula is C14H22N2O3S. The van der Waals surface area contributed by atoms with Gasteiger partial charge in [0.1, 0.15) is 0 Å². The van der Waals surface area contributed by atoms with Gasteiger partial charge in [-0.25, -0.2) is 13.1 Å². The third-order valence-corrected chi connectivity index (χ3v) is 4.66. The highest BCUT2D eigenvalue weighted by Gasteiger charge is 2.17. The van der Waals surface area contributed by atoms with Crippen LogP contribution in [0.4, 0.5) is 5.69 Å². The van der Waals surface area contributed by atoms with Gasteiger partial charge in [0.05, 0.1) is 4.90 Å². The summed E-state index contributed by atoms with van der Waals surface area (Å²) in [7, 11) is -3.41. The van der Waals surface area contributed by atoms with E-state index in [0.717, 1.165) is 37.2 Å². The average Bonchev–Trinajstić information content (AvgIpc) is 2.90. The Kier molecular flexibility index (Phi) is 5.39. The average molecular weight is 298 g/mol. The molecule has 0 unspecified atom stereocenters. The Morgan fingerprint density at radius 2 is 2.20 bits per heavy atom. The van der Waals surface area contributed by atoms with Crippen LogP contribution in [0.25, 0.3) is 0 Å². The van der Waals surface area contributed by atoms with Crippen molar-refractivity contribution in [3.63, 3.8) is 0 Å². The summed E-state index contributed by atoms with van der Waals surface area (Å²) < 4.78 is 32.2. The number of nitrogens with one attached hydrogen (secondary N) is 2. The molecule has 0 saturated heterocycles. The van der Waals surface area contributed by atoms with Crippen molar-refractivity contribution < 1.29 is 13.2 Å². The van der Waals surface area contributed by atoms with E-state index in [9.17, 15) is 8.42 Å². The monoisotopic (exact) mass is 298 g/mol. The number of hydrogen-bond donors (Lipinski definition) is 2. The van der Waals surface area contributed by atoms with Crippen LogP contribution in [0.15, 0.2) is 23.1 Å². The summed E-state index contributed by atoms with van der Waals surface area (Å²) in [6.45, 7) is 4.64. The second kappa shape index (κ2) is 7.06. The Morgan fingerprint density at radius 3 is 3.00 bits per heavy atom. The second-order valence-electron chi connectivity index (χ2n) is 4.86. The van der Waals surface area contributed by atoms with Crippen LogP contribution in [0.2, 0.25) is 0 Å². The maximum atomic E-state index is 12.1. The Labute approximate surface area is 120 Å². The maximum Gasteiger partial charge on any atom is 0.240 e. The Bertz CT molecular complexity index is 543. The third kappa shape index (κ3) is 3.94. The van der Waals surface area contributed by atoms with Gasteiger partial charge < -0.3 is 10.1 Å². The lowest BCUT2D eigenvalue weighted by molar-refractivity contribution is 0.133. The molecule has 0 spiro atoms. The largest absolute Gasteiger partial charge is 0.384 e. The van der Waals surface area contributed by atoms with Gasteiger partial charge in [-0.15, -0.1) is 0 Å². The molecule has 0 atom stereocenters. The van der Waals surface area contributed by atoms with Crippen molar-refractivity contribution >= 4 is 15.7 Å². The molecule has 0 fully saturated rings. The van der Waals surface area contributed by atoms with Gasteiger partial charge in [-0.2, -0.15) is 0 Å². The molecule has 6 heteroatoms. The zero-order valence-corrected chi connectivity index (χ0v) is 12.6. The lowest BCUT2D eigenvalue weighted by atomic mass is 10.2. The Morgan fingerprint density at radius 1 is 1.35 bits per heavy atom. The van der Waals surface area contributed by atoms with Crippen molar-refractivity contribution in [3.05, 3.63) is 23.8 Å². The van der Waals surface area contributed by atoms with Crippen LogP contribution >= 0.6 is 0 Å². The molecule has 1 aromatic rings. The molecule has 1 aliphatic rings.